The van der Waals surface area contributed by atoms with Crippen molar-refractivity contribution in [3.8, 4) is 11.8 Å². The molecule has 0 aliphatic carbocycles. The Hall–Kier alpha value is -2.15. The number of nitrogens with zero attached hydrogens (tertiary/aromatic N) is 4. The average Bonchev–Trinajstić information content (AvgIpc) is 2.68. The third-order valence-electron chi connectivity index (χ3n) is 1.79. The van der Waals surface area contributed by atoms with E-state index in [0.717, 1.165) is 5.69 Å². The molecule has 0 saturated heterocycles. The lowest BCUT2D eigenvalue weighted by Crippen LogP contribution is -1.98. The molecule has 14 heavy (non-hydrogen) atoms. The third-order valence-corrected chi connectivity index (χ3v) is 1.79. The standard InChI is InChI=1S/C10H8N4/c11-7-6-9-8-12-14(13-9)10-4-2-1-3-5-10/h1-5,8H,6H2. The number of aromatic nitrogens is 3. The molecule has 0 amide bonds. The first-order chi connectivity index (χ1) is 6.90. The second-order valence-electron chi connectivity index (χ2n) is 2.80. The Kier molecular flexibility index (Phi) is 2.24. The minimum Gasteiger partial charge on any atom is -0.198 e. The zero-order valence-corrected chi connectivity index (χ0v) is 7.46. The quantitative estimate of drug-likeness (QED) is 0.707. The zero-order valence-electron chi connectivity index (χ0n) is 7.46. The van der Waals surface area contributed by atoms with Crippen LogP contribution in [-0.2, 0) is 6.42 Å². The summed E-state index contributed by atoms with van der Waals surface area (Å²) in [6.07, 6.45) is 1.91. The SMILES string of the molecule is N#CCc1cnn(-c2ccccc2)n1. The van der Waals surface area contributed by atoms with Crippen LogP contribution in [0, 0.1) is 11.3 Å². The van der Waals surface area contributed by atoms with E-state index in [9.17, 15) is 0 Å². The largest absolute Gasteiger partial charge is 0.198 e. The molecule has 0 radical (unpaired) electrons. The highest BCUT2D eigenvalue weighted by Crippen LogP contribution is 2.03. The molecule has 1 heterocycles. The minimum atomic E-state index is 0.298. The van der Waals surface area contributed by atoms with E-state index in [-0.39, 0.29) is 0 Å². The van der Waals surface area contributed by atoms with Gasteiger partial charge in [0.25, 0.3) is 0 Å². The van der Waals surface area contributed by atoms with Crippen LogP contribution in [0.1, 0.15) is 5.69 Å². The molecule has 0 spiro atoms. The van der Waals surface area contributed by atoms with Gasteiger partial charge in [-0.25, -0.2) is 0 Å². The lowest BCUT2D eigenvalue weighted by molar-refractivity contribution is 0.743. The Morgan fingerprint density at radius 1 is 1.29 bits per heavy atom. The van der Waals surface area contributed by atoms with Crippen molar-refractivity contribution in [2.24, 2.45) is 0 Å². The summed E-state index contributed by atoms with van der Waals surface area (Å²) in [5, 5.41) is 16.7. The van der Waals surface area contributed by atoms with Gasteiger partial charge in [-0.05, 0) is 12.1 Å². The Morgan fingerprint density at radius 3 is 2.79 bits per heavy atom. The number of hydrogen-bond acceptors (Lipinski definition) is 3. The fourth-order valence-electron chi connectivity index (χ4n) is 1.14. The third kappa shape index (κ3) is 1.62. The van der Waals surface area contributed by atoms with Crippen LogP contribution in [0.5, 0.6) is 0 Å². The molecular weight excluding hydrogens is 176 g/mol. The van der Waals surface area contributed by atoms with Crippen LogP contribution in [0.4, 0.5) is 0 Å². The van der Waals surface area contributed by atoms with Gasteiger partial charge in [0.1, 0.15) is 0 Å². The fraction of sp³-hybridized carbons (Fsp3) is 0.100. The van der Waals surface area contributed by atoms with Crippen molar-refractivity contribution in [3.63, 3.8) is 0 Å². The van der Waals surface area contributed by atoms with Crippen molar-refractivity contribution < 1.29 is 0 Å². The highest BCUT2D eigenvalue weighted by atomic mass is 15.5. The maximum Gasteiger partial charge on any atom is 0.0972 e. The van der Waals surface area contributed by atoms with E-state index in [0.29, 0.717) is 12.1 Å². The number of rotatable bonds is 2. The molecule has 4 nitrogen and oxygen atoms in total. The summed E-state index contributed by atoms with van der Waals surface area (Å²) in [6.45, 7) is 0. The molecule has 2 aromatic rings. The maximum absolute atomic E-state index is 8.47. The van der Waals surface area contributed by atoms with Crippen LogP contribution in [0.15, 0.2) is 36.5 Å². The van der Waals surface area contributed by atoms with Gasteiger partial charge in [0.2, 0.25) is 0 Å². The van der Waals surface area contributed by atoms with Crippen LogP contribution in [-0.4, -0.2) is 15.0 Å². The molecular formula is C10H8N4. The highest BCUT2D eigenvalue weighted by Gasteiger charge is 2.00. The van der Waals surface area contributed by atoms with Crippen molar-refractivity contribution in [1.29, 1.82) is 5.26 Å². The van der Waals surface area contributed by atoms with Crippen molar-refractivity contribution in [3.05, 3.63) is 42.2 Å². The number of hydrogen-bond donors (Lipinski definition) is 0. The second-order valence-corrected chi connectivity index (χ2v) is 2.80. The van der Waals surface area contributed by atoms with Gasteiger partial charge in [-0.2, -0.15) is 20.3 Å². The lowest BCUT2D eigenvalue weighted by Gasteiger charge is -1.96. The van der Waals surface area contributed by atoms with Crippen LogP contribution in [0.2, 0.25) is 0 Å². The predicted molar refractivity (Wildman–Crippen MR) is 50.7 cm³/mol. The molecule has 0 unspecified atom stereocenters. The molecule has 1 aromatic heterocycles. The molecule has 2 rings (SSSR count). The Balaban J connectivity index is 2.31. The van der Waals surface area contributed by atoms with E-state index in [1.807, 2.05) is 36.4 Å². The summed E-state index contributed by atoms with van der Waals surface area (Å²) in [4.78, 5) is 1.52. The van der Waals surface area contributed by atoms with E-state index in [4.69, 9.17) is 5.26 Å². The van der Waals surface area contributed by atoms with Gasteiger partial charge in [-0.1, -0.05) is 18.2 Å². The van der Waals surface area contributed by atoms with Gasteiger partial charge in [-0.15, -0.1) is 0 Å². The molecule has 0 aliphatic rings. The van der Waals surface area contributed by atoms with E-state index < -0.39 is 0 Å². The van der Waals surface area contributed by atoms with Gasteiger partial charge >= 0.3 is 0 Å². The van der Waals surface area contributed by atoms with Crippen LogP contribution < -0.4 is 0 Å². The Morgan fingerprint density at radius 2 is 2.07 bits per heavy atom. The Bertz CT molecular complexity index is 452. The van der Waals surface area contributed by atoms with E-state index in [1.165, 1.54) is 4.80 Å². The molecule has 0 fully saturated rings. The summed E-state index contributed by atoms with van der Waals surface area (Å²) in [5.74, 6) is 0. The van der Waals surface area contributed by atoms with Gasteiger partial charge < -0.3 is 0 Å². The molecule has 0 aliphatic heterocycles. The molecule has 0 N–H and O–H groups in total. The zero-order chi connectivity index (χ0) is 9.80. The second kappa shape index (κ2) is 3.71. The summed E-state index contributed by atoms with van der Waals surface area (Å²) >= 11 is 0. The van der Waals surface area contributed by atoms with Gasteiger partial charge in [-0.3, -0.25) is 0 Å². The molecule has 1 aromatic carbocycles. The fourth-order valence-corrected chi connectivity index (χ4v) is 1.14. The first kappa shape index (κ1) is 8.45. The number of para-hydroxylation sites is 1. The van der Waals surface area contributed by atoms with Crippen molar-refractivity contribution in [2.45, 2.75) is 6.42 Å². The van der Waals surface area contributed by atoms with Crippen molar-refractivity contribution in [2.75, 3.05) is 0 Å². The summed E-state index contributed by atoms with van der Waals surface area (Å²) in [5.41, 5.74) is 1.59. The van der Waals surface area contributed by atoms with Gasteiger partial charge in [0, 0.05) is 0 Å². The van der Waals surface area contributed by atoms with Crippen LogP contribution >= 0.6 is 0 Å². The molecule has 68 valence electrons. The van der Waals surface area contributed by atoms with E-state index in [1.54, 1.807) is 6.20 Å². The van der Waals surface area contributed by atoms with Crippen LogP contribution in [0.3, 0.4) is 0 Å². The van der Waals surface area contributed by atoms with E-state index >= 15 is 0 Å². The molecule has 0 saturated carbocycles. The van der Waals surface area contributed by atoms with Crippen LogP contribution in [0.25, 0.3) is 5.69 Å². The van der Waals surface area contributed by atoms with Gasteiger partial charge in [0.05, 0.1) is 30.1 Å². The minimum absolute atomic E-state index is 0.298. The highest BCUT2D eigenvalue weighted by molar-refractivity contribution is 5.28. The number of benzene rings is 1. The van der Waals surface area contributed by atoms with Gasteiger partial charge in [0.15, 0.2) is 0 Å². The predicted octanol–water partition coefficient (Wildman–Crippen LogP) is 1.33. The monoisotopic (exact) mass is 184 g/mol. The first-order valence-electron chi connectivity index (χ1n) is 4.24. The van der Waals surface area contributed by atoms with E-state index in [2.05, 4.69) is 10.2 Å². The average molecular weight is 184 g/mol. The lowest BCUT2D eigenvalue weighted by atomic mass is 10.3. The smallest absolute Gasteiger partial charge is 0.0972 e. The summed E-state index contributed by atoms with van der Waals surface area (Å²) in [7, 11) is 0. The summed E-state index contributed by atoms with van der Waals surface area (Å²) in [6, 6.07) is 11.6. The maximum atomic E-state index is 8.47. The normalized spacial score (nSPS) is 9.64. The molecule has 4 heteroatoms. The summed E-state index contributed by atoms with van der Waals surface area (Å²) < 4.78 is 0. The van der Waals surface area contributed by atoms with Crippen molar-refractivity contribution in [1.82, 2.24) is 15.0 Å². The Labute approximate surface area is 81.4 Å². The topological polar surface area (TPSA) is 54.5 Å². The molecule has 0 atom stereocenters. The number of nitriles is 1. The van der Waals surface area contributed by atoms with Crippen molar-refractivity contribution >= 4 is 0 Å². The molecule has 0 bridgehead atoms. The first-order valence-corrected chi connectivity index (χ1v) is 4.24.